The van der Waals surface area contributed by atoms with Crippen molar-refractivity contribution < 1.29 is 14.5 Å². The smallest absolute Gasteiger partial charge is 0.270 e. The van der Waals surface area contributed by atoms with E-state index in [1.807, 2.05) is 0 Å². The summed E-state index contributed by atoms with van der Waals surface area (Å²) >= 11 is 0. The lowest BCUT2D eigenvalue weighted by Gasteiger charge is -2.37. The number of ether oxygens (including phenoxy) is 1. The average molecular weight is 359 g/mol. The first-order valence-electron chi connectivity index (χ1n) is 7.49. The molecule has 1 aliphatic heterocycles. The number of nitro benzene ring substituents is 1. The van der Waals surface area contributed by atoms with Crippen molar-refractivity contribution in [1.82, 2.24) is 10.6 Å². The highest BCUT2D eigenvalue weighted by atomic mass is 35.5. The molecule has 1 aromatic carbocycles. The highest BCUT2D eigenvalue weighted by Gasteiger charge is 2.32. The molecule has 1 saturated heterocycles. The van der Waals surface area contributed by atoms with E-state index in [1.54, 1.807) is 7.11 Å². The van der Waals surface area contributed by atoms with Crippen LogP contribution in [0.3, 0.4) is 0 Å². The first-order chi connectivity index (χ1) is 11.0. The second-order valence-electron chi connectivity index (χ2n) is 5.89. The van der Waals surface area contributed by atoms with Crippen LogP contribution < -0.4 is 16.4 Å². The predicted octanol–water partition coefficient (Wildman–Crippen LogP) is 1.34. The van der Waals surface area contributed by atoms with Gasteiger partial charge in [0.1, 0.15) is 0 Å². The number of nitrogens with two attached hydrogens (primary N) is 1. The molecule has 0 bridgehead atoms. The van der Waals surface area contributed by atoms with Gasteiger partial charge in [0, 0.05) is 36.9 Å². The monoisotopic (exact) mass is 358 g/mol. The molecule has 24 heavy (non-hydrogen) atoms. The van der Waals surface area contributed by atoms with Crippen LogP contribution in [0.15, 0.2) is 18.2 Å². The zero-order chi connectivity index (χ0) is 16.9. The zero-order valence-corrected chi connectivity index (χ0v) is 14.4. The second-order valence-corrected chi connectivity index (χ2v) is 5.89. The SMILES string of the molecule is COCC1(CNC(=O)c2cc([N+](=O)[O-])ccc2N)CCNCC1.Cl. The van der Waals surface area contributed by atoms with Crippen LogP contribution in [0.25, 0.3) is 0 Å². The van der Waals surface area contributed by atoms with Crippen molar-refractivity contribution >= 4 is 29.7 Å². The van der Waals surface area contributed by atoms with Crippen molar-refractivity contribution in [3.63, 3.8) is 0 Å². The number of anilines is 1. The topological polar surface area (TPSA) is 120 Å². The van der Waals surface area contributed by atoms with E-state index in [0.29, 0.717) is 13.2 Å². The highest BCUT2D eigenvalue weighted by Crippen LogP contribution is 2.28. The molecule has 1 aromatic rings. The van der Waals surface area contributed by atoms with Gasteiger partial charge in [0.25, 0.3) is 11.6 Å². The third-order valence-corrected chi connectivity index (χ3v) is 4.23. The maximum atomic E-state index is 12.4. The number of non-ortho nitro benzene ring substituents is 1. The molecular formula is C15H23ClN4O4. The first kappa shape index (κ1) is 20.1. The molecule has 0 unspecified atom stereocenters. The maximum Gasteiger partial charge on any atom is 0.270 e. The molecular weight excluding hydrogens is 336 g/mol. The molecule has 1 amide bonds. The van der Waals surface area contributed by atoms with Gasteiger partial charge in [0.15, 0.2) is 0 Å². The van der Waals surface area contributed by atoms with Crippen LogP contribution in [0.2, 0.25) is 0 Å². The van der Waals surface area contributed by atoms with Gasteiger partial charge >= 0.3 is 0 Å². The Morgan fingerprint density at radius 2 is 2.12 bits per heavy atom. The summed E-state index contributed by atoms with van der Waals surface area (Å²) in [4.78, 5) is 22.7. The molecule has 9 heteroatoms. The van der Waals surface area contributed by atoms with Gasteiger partial charge in [-0.2, -0.15) is 0 Å². The van der Waals surface area contributed by atoms with Crippen LogP contribution in [0.4, 0.5) is 11.4 Å². The van der Waals surface area contributed by atoms with Crippen molar-refractivity contribution in [3.05, 3.63) is 33.9 Å². The van der Waals surface area contributed by atoms with Crippen molar-refractivity contribution in [2.75, 3.05) is 39.1 Å². The number of carbonyl (C=O) groups is 1. The average Bonchev–Trinajstić information content (AvgIpc) is 2.54. The molecule has 0 aliphatic carbocycles. The maximum absolute atomic E-state index is 12.4. The van der Waals surface area contributed by atoms with E-state index in [2.05, 4.69) is 10.6 Å². The van der Waals surface area contributed by atoms with Gasteiger partial charge < -0.3 is 21.1 Å². The largest absolute Gasteiger partial charge is 0.398 e. The molecule has 0 atom stereocenters. The third-order valence-electron chi connectivity index (χ3n) is 4.23. The van der Waals surface area contributed by atoms with Crippen LogP contribution in [0.5, 0.6) is 0 Å². The lowest BCUT2D eigenvalue weighted by molar-refractivity contribution is -0.384. The second kappa shape index (κ2) is 8.81. The van der Waals surface area contributed by atoms with Crippen LogP contribution in [-0.4, -0.2) is 44.2 Å². The molecule has 0 spiro atoms. The van der Waals surface area contributed by atoms with Gasteiger partial charge in [-0.05, 0) is 32.0 Å². The standard InChI is InChI=1S/C15H22N4O4.ClH/c1-23-10-15(4-6-17-7-5-15)9-18-14(20)12-8-11(19(21)22)2-3-13(12)16;/h2-3,8,17H,4-7,9-10,16H2,1H3,(H,18,20);1H. The quantitative estimate of drug-likeness (QED) is 0.401. The summed E-state index contributed by atoms with van der Waals surface area (Å²) in [6.45, 7) is 2.75. The van der Waals surface area contributed by atoms with Gasteiger partial charge in [-0.15, -0.1) is 12.4 Å². The number of hydrogen-bond acceptors (Lipinski definition) is 6. The van der Waals surface area contributed by atoms with E-state index in [0.717, 1.165) is 25.9 Å². The number of methoxy groups -OCH3 is 1. The number of hydrogen-bond donors (Lipinski definition) is 3. The Balaban J connectivity index is 0.00000288. The van der Waals surface area contributed by atoms with Crippen molar-refractivity contribution in [2.45, 2.75) is 12.8 Å². The molecule has 1 fully saturated rings. The summed E-state index contributed by atoms with van der Waals surface area (Å²) in [6.07, 6.45) is 1.79. The molecule has 4 N–H and O–H groups in total. The molecule has 0 saturated carbocycles. The molecule has 1 aliphatic rings. The molecule has 134 valence electrons. The molecule has 0 aromatic heterocycles. The van der Waals surface area contributed by atoms with Gasteiger partial charge in [-0.3, -0.25) is 14.9 Å². The van der Waals surface area contributed by atoms with Gasteiger partial charge in [-0.1, -0.05) is 0 Å². The molecule has 1 heterocycles. The van der Waals surface area contributed by atoms with E-state index >= 15 is 0 Å². The summed E-state index contributed by atoms with van der Waals surface area (Å²) in [7, 11) is 1.64. The van der Waals surface area contributed by atoms with Gasteiger partial charge in [0.2, 0.25) is 0 Å². The third kappa shape index (κ3) is 4.80. The summed E-state index contributed by atoms with van der Waals surface area (Å²) in [5.41, 5.74) is 5.85. The Labute approximate surface area is 146 Å². The van der Waals surface area contributed by atoms with E-state index in [-0.39, 0.29) is 34.8 Å². The number of benzene rings is 1. The minimum Gasteiger partial charge on any atom is -0.398 e. The van der Waals surface area contributed by atoms with Gasteiger partial charge in [-0.25, -0.2) is 0 Å². The van der Waals surface area contributed by atoms with Crippen molar-refractivity contribution in [1.29, 1.82) is 0 Å². The van der Waals surface area contributed by atoms with Crippen LogP contribution in [0, 0.1) is 15.5 Å². The predicted molar refractivity (Wildman–Crippen MR) is 93.5 cm³/mol. The molecule has 0 radical (unpaired) electrons. The minimum absolute atomic E-state index is 0. The lowest BCUT2D eigenvalue weighted by Crippen LogP contribution is -2.47. The highest BCUT2D eigenvalue weighted by molar-refractivity contribution is 5.99. The Kier molecular flexibility index (Phi) is 7.40. The van der Waals surface area contributed by atoms with Crippen LogP contribution in [-0.2, 0) is 4.74 Å². The number of nitrogen functional groups attached to an aromatic ring is 1. The van der Waals surface area contributed by atoms with Crippen molar-refractivity contribution in [3.8, 4) is 0 Å². The van der Waals surface area contributed by atoms with Crippen molar-refractivity contribution in [2.24, 2.45) is 5.41 Å². The van der Waals surface area contributed by atoms with E-state index in [9.17, 15) is 14.9 Å². The number of nitrogens with zero attached hydrogens (tertiary/aromatic N) is 1. The van der Waals surface area contributed by atoms with Gasteiger partial charge in [0.05, 0.1) is 17.1 Å². The number of amides is 1. The number of halogens is 1. The normalized spacial score (nSPS) is 16.0. The van der Waals surface area contributed by atoms with Crippen LogP contribution in [0.1, 0.15) is 23.2 Å². The fourth-order valence-electron chi connectivity index (χ4n) is 2.85. The van der Waals surface area contributed by atoms with E-state index < -0.39 is 10.8 Å². The zero-order valence-electron chi connectivity index (χ0n) is 13.5. The fraction of sp³-hybridized carbons (Fsp3) is 0.533. The summed E-state index contributed by atoms with van der Waals surface area (Å²) in [5.74, 6) is -0.403. The Morgan fingerprint density at radius 3 is 2.71 bits per heavy atom. The lowest BCUT2D eigenvalue weighted by atomic mass is 9.79. The number of piperidine rings is 1. The number of rotatable bonds is 6. The van der Waals surface area contributed by atoms with Crippen LogP contribution >= 0.6 is 12.4 Å². The van der Waals surface area contributed by atoms with E-state index in [1.165, 1.54) is 18.2 Å². The fourth-order valence-corrected chi connectivity index (χ4v) is 2.85. The molecule has 2 rings (SSSR count). The Hall–Kier alpha value is -1.90. The summed E-state index contributed by atoms with van der Waals surface area (Å²) < 4.78 is 5.30. The molecule has 8 nitrogen and oxygen atoms in total. The summed E-state index contributed by atoms with van der Waals surface area (Å²) in [6, 6.07) is 3.86. The summed E-state index contributed by atoms with van der Waals surface area (Å²) in [5, 5.41) is 17.0. The Bertz CT molecular complexity index is 585. The number of nitrogens with one attached hydrogen (secondary N) is 2. The first-order valence-corrected chi connectivity index (χ1v) is 7.49. The number of nitro groups is 1. The minimum atomic E-state index is -0.546. The van der Waals surface area contributed by atoms with E-state index in [4.69, 9.17) is 10.5 Å². The number of carbonyl (C=O) groups excluding carboxylic acids is 1. The Morgan fingerprint density at radius 1 is 1.46 bits per heavy atom.